The Morgan fingerprint density at radius 1 is 1.56 bits per heavy atom. The first kappa shape index (κ1) is 13.5. The van der Waals surface area contributed by atoms with Gasteiger partial charge in [0.1, 0.15) is 5.82 Å². The topological polar surface area (TPSA) is 41.1 Å². The minimum absolute atomic E-state index is 0.237. The van der Waals surface area contributed by atoms with Gasteiger partial charge in [0, 0.05) is 17.1 Å². The Balaban J connectivity index is 1.85. The zero-order chi connectivity index (χ0) is 13.0. The molecule has 2 rings (SSSR count). The van der Waals surface area contributed by atoms with E-state index in [0.717, 1.165) is 13.0 Å². The van der Waals surface area contributed by atoms with Crippen LogP contribution in [-0.2, 0) is 0 Å². The van der Waals surface area contributed by atoms with Crippen molar-refractivity contribution in [2.45, 2.75) is 25.3 Å². The average molecular weight is 315 g/mol. The number of amides is 1. The highest BCUT2D eigenvalue weighted by molar-refractivity contribution is 9.10. The summed E-state index contributed by atoms with van der Waals surface area (Å²) >= 11 is 3.25. The monoisotopic (exact) mass is 314 g/mol. The van der Waals surface area contributed by atoms with Crippen molar-refractivity contribution in [2.75, 3.05) is 13.1 Å². The van der Waals surface area contributed by atoms with E-state index in [-0.39, 0.29) is 5.91 Å². The molecule has 0 spiro atoms. The highest BCUT2D eigenvalue weighted by Crippen LogP contribution is 2.17. The van der Waals surface area contributed by atoms with Crippen LogP contribution < -0.4 is 10.6 Å². The Morgan fingerprint density at radius 2 is 2.39 bits per heavy atom. The summed E-state index contributed by atoms with van der Waals surface area (Å²) in [4.78, 5) is 11.9. The third-order valence-electron chi connectivity index (χ3n) is 3.11. The molecule has 1 aliphatic heterocycles. The van der Waals surface area contributed by atoms with Gasteiger partial charge in [0.15, 0.2) is 0 Å². The van der Waals surface area contributed by atoms with Crippen molar-refractivity contribution in [3.05, 3.63) is 34.1 Å². The molecule has 0 saturated carbocycles. The molecule has 1 heterocycles. The number of halogens is 2. The number of carbonyl (C=O) groups excluding carboxylic acids is 1. The Kier molecular flexibility index (Phi) is 4.72. The van der Waals surface area contributed by atoms with Gasteiger partial charge in [0.2, 0.25) is 0 Å². The fourth-order valence-electron chi connectivity index (χ4n) is 2.13. The van der Waals surface area contributed by atoms with Crippen molar-refractivity contribution < 1.29 is 9.18 Å². The summed E-state index contributed by atoms with van der Waals surface area (Å²) in [7, 11) is 0. The molecule has 1 fully saturated rings. The third kappa shape index (κ3) is 3.53. The lowest BCUT2D eigenvalue weighted by Gasteiger charge is -2.11. The molecule has 18 heavy (non-hydrogen) atoms. The minimum Gasteiger partial charge on any atom is -0.352 e. The Morgan fingerprint density at radius 3 is 3.11 bits per heavy atom. The molecule has 0 aliphatic carbocycles. The summed E-state index contributed by atoms with van der Waals surface area (Å²) in [6, 6.07) is 4.61. The Bertz CT molecular complexity index is 433. The number of hydrogen-bond donors (Lipinski definition) is 2. The van der Waals surface area contributed by atoms with Crippen LogP contribution in [0.5, 0.6) is 0 Å². The van der Waals surface area contributed by atoms with E-state index in [4.69, 9.17) is 0 Å². The van der Waals surface area contributed by atoms with Crippen molar-refractivity contribution in [3.63, 3.8) is 0 Å². The van der Waals surface area contributed by atoms with Gasteiger partial charge in [0.05, 0.1) is 5.56 Å². The molecular formula is C13H16BrFN2O. The highest BCUT2D eigenvalue weighted by atomic mass is 79.9. The molecule has 1 amide bonds. The molecule has 0 bridgehead atoms. The molecule has 1 aromatic carbocycles. The van der Waals surface area contributed by atoms with E-state index in [0.29, 0.717) is 22.6 Å². The molecule has 3 nitrogen and oxygen atoms in total. The van der Waals surface area contributed by atoms with Crippen molar-refractivity contribution in [2.24, 2.45) is 0 Å². The molecule has 1 aliphatic rings. The number of rotatable bonds is 4. The molecule has 1 saturated heterocycles. The molecule has 2 N–H and O–H groups in total. The first-order valence-corrected chi connectivity index (χ1v) is 6.93. The summed E-state index contributed by atoms with van der Waals surface area (Å²) in [6.07, 6.45) is 3.28. The molecule has 1 atom stereocenters. The SMILES string of the molecule is O=C(NCC[C@@H]1CCCN1)c1cc(F)ccc1Br. The van der Waals surface area contributed by atoms with Gasteiger partial charge in [-0.25, -0.2) is 4.39 Å². The van der Waals surface area contributed by atoms with Crippen LogP contribution in [-0.4, -0.2) is 25.0 Å². The van der Waals surface area contributed by atoms with E-state index in [1.165, 1.54) is 25.0 Å². The van der Waals surface area contributed by atoms with Gasteiger partial charge in [-0.3, -0.25) is 4.79 Å². The maximum absolute atomic E-state index is 13.1. The standard InChI is InChI=1S/C13H16BrFN2O/c14-12-4-3-9(15)8-11(12)13(18)17-7-5-10-2-1-6-16-10/h3-4,8,10,16H,1-2,5-7H2,(H,17,18)/t10-/m0/s1. The maximum atomic E-state index is 13.1. The second-order valence-corrected chi connectivity index (χ2v) is 5.32. The second-order valence-electron chi connectivity index (χ2n) is 4.46. The van der Waals surface area contributed by atoms with Crippen molar-refractivity contribution >= 4 is 21.8 Å². The number of nitrogens with one attached hydrogen (secondary N) is 2. The lowest BCUT2D eigenvalue weighted by molar-refractivity contribution is 0.0951. The number of hydrogen-bond acceptors (Lipinski definition) is 2. The summed E-state index contributed by atoms with van der Waals surface area (Å²) in [6.45, 7) is 1.67. The van der Waals surface area contributed by atoms with E-state index in [1.54, 1.807) is 6.07 Å². The van der Waals surface area contributed by atoms with Gasteiger partial charge in [-0.1, -0.05) is 0 Å². The van der Waals surface area contributed by atoms with Crippen LogP contribution in [0.1, 0.15) is 29.6 Å². The first-order valence-electron chi connectivity index (χ1n) is 6.13. The fraction of sp³-hybridized carbons (Fsp3) is 0.462. The second kappa shape index (κ2) is 6.29. The van der Waals surface area contributed by atoms with Crippen LogP contribution in [0.4, 0.5) is 4.39 Å². The average Bonchev–Trinajstić information content (AvgIpc) is 2.85. The zero-order valence-corrected chi connectivity index (χ0v) is 11.6. The molecule has 0 radical (unpaired) electrons. The van der Waals surface area contributed by atoms with Gasteiger partial charge in [-0.15, -0.1) is 0 Å². The van der Waals surface area contributed by atoms with Gasteiger partial charge >= 0.3 is 0 Å². The predicted molar refractivity (Wildman–Crippen MR) is 72.1 cm³/mol. The van der Waals surface area contributed by atoms with E-state index in [2.05, 4.69) is 26.6 Å². The third-order valence-corrected chi connectivity index (χ3v) is 3.81. The zero-order valence-electron chi connectivity index (χ0n) is 10.0. The van der Waals surface area contributed by atoms with Crippen LogP contribution in [0.2, 0.25) is 0 Å². The van der Waals surface area contributed by atoms with Crippen molar-refractivity contribution in [1.29, 1.82) is 0 Å². The predicted octanol–water partition coefficient (Wildman–Crippen LogP) is 2.46. The molecule has 5 heteroatoms. The number of benzene rings is 1. The van der Waals surface area contributed by atoms with Gasteiger partial charge in [-0.2, -0.15) is 0 Å². The minimum atomic E-state index is -0.402. The summed E-state index contributed by atoms with van der Waals surface area (Å²) < 4.78 is 13.7. The van der Waals surface area contributed by atoms with Crippen LogP contribution in [0.3, 0.4) is 0 Å². The molecular weight excluding hydrogens is 299 g/mol. The highest BCUT2D eigenvalue weighted by Gasteiger charge is 2.15. The van der Waals surface area contributed by atoms with Crippen LogP contribution in [0.15, 0.2) is 22.7 Å². The molecule has 0 unspecified atom stereocenters. The van der Waals surface area contributed by atoms with Crippen LogP contribution in [0, 0.1) is 5.82 Å². The van der Waals surface area contributed by atoms with E-state index < -0.39 is 5.82 Å². The van der Waals surface area contributed by atoms with Crippen LogP contribution in [0.25, 0.3) is 0 Å². The Labute approximate surface area is 114 Å². The smallest absolute Gasteiger partial charge is 0.252 e. The normalized spacial score (nSPS) is 18.9. The molecule has 0 aromatic heterocycles. The van der Waals surface area contributed by atoms with Crippen LogP contribution >= 0.6 is 15.9 Å². The van der Waals surface area contributed by atoms with E-state index >= 15 is 0 Å². The van der Waals surface area contributed by atoms with Gasteiger partial charge < -0.3 is 10.6 Å². The van der Waals surface area contributed by atoms with E-state index in [1.807, 2.05) is 0 Å². The van der Waals surface area contributed by atoms with Gasteiger partial charge in [-0.05, 0) is 59.9 Å². The first-order chi connectivity index (χ1) is 8.66. The molecule has 98 valence electrons. The lowest BCUT2D eigenvalue weighted by Crippen LogP contribution is -2.30. The largest absolute Gasteiger partial charge is 0.352 e. The summed E-state index contributed by atoms with van der Waals surface area (Å²) in [5.41, 5.74) is 0.342. The number of carbonyl (C=O) groups is 1. The van der Waals surface area contributed by atoms with E-state index in [9.17, 15) is 9.18 Å². The summed E-state index contributed by atoms with van der Waals surface area (Å²) in [5.74, 6) is -0.639. The van der Waals surface area contributed by atoms with Crippen molar-refractivity contribution in [3.8, 4) is 0 Å². The maximum Gasteiger partial charge on any atom is 0.252 e. The Hall–Kier alpha value is -0.940. The molecule has 1 aromatic rings. The van der Waals surface area contributed by atoms with Crippen molar-refractivity contribution in [1.82, 2.24) is 10.6 Å². The van der Waals surface area contributed by atoms with Gasteiger partial charge in [0.25, 0.3) is 5.91 Å². The fourth-order valence-corrected chi connectivity index (χ4v) is 2.56. The lowest BCUT2D eigenvalue weighted by atomic mass is 10.1. The quantitative estimate of drug-likeness (QED) is 0.896. The summed E-state index contributed by atoms with van der Waals surface area (Å²) in [5, 5.41) is 6.19.